The van der Waals surface area contributed by atoms with E-state index in [-0.39, 0.29) is 30.1 Å². The standard InChI is InChI=1S/C28H31N3O5/c1-3-22(2)30(27(32)16-13-24-11-14-25(15-12-24)31(34)35)21-28(33)29(20-26-10-7-19-36-26)18-17-23-8-5-4-6-9-23/h4-16,19,22H,3,17-18,20-21H2,1-2H3. The van der Waals surface area contributed by atoms with Gasteiger partial charge in [0.1, 0.15) is 12.3 Å². The molecular formula is C28H31N3O5. The maximum atomic E-state index is 13.4. The summed E-state index contributed by atoms with van der Waals surface area (Å²) in [5, 5.41) is 10.8. The number of hydrogen-bond donors (Lipinski definition) is 0. The van der Waals surface area contributed by atoms with E-state index in [1.165, 1.54) is 18.2 Å². The number of rotatable bonds is 12. The molecule has 1 heterocycles. The van der Waals surface area contributed by atoms with Crippen LogP contribution in [0.15, 0.2) is 83.5 Å². The molecule has 0 fully saturated rings. The molecule has 0 saturated carbocycles. The first-order chi connectivity index (χ1) is 17.4. The Labute approximate surface area is 211 Å². The number of nitro benzene ring substituents is 1. The number of nitrogens with zero attached hydrogens (tertiary/aromatic N) is 3. The summed E-state index contributed by atoms with van der Waals surface area (Å²) in [6.45, 7) is 4.62. The SMILES string of the molecule is CCC(C)N(CC(=O)N(CCc1ccccc1)Cc1ccco1)C(=O)C=Cc1ccc([N+](=O)[O-])cc1. The number of non-ortho nitro benzene ring substituents is 1. The van der Waals surface area contributed by atoms with Crippen LogP contribution >= 0.6 is 0 Å². The molecule has 8 nitrogen and oxygen atoms in total. The minimum Gasteiger partial charge on any atom is -0.467 e. The molecule has 2 amide bonds. The molecular weight excluding hydrogens is 458 g/mol. The third kappa shape index (κ3) is 7.66. The van der Waals surface area contributed by atoms with Gasteiger partial charge in [-0.05, 0) is 61.2 Å². The number of carbonyl (C=O) groups excluding carboxylic acids is 2. The second-order valence-corrected chi connectivity index (χ2v) is 8.54. The molecule has 2 aromatic carbocycles. The lowest BCUT2D eigenvalue weighted by Crippen LogP contribution is -2.46. The fourth-order valence-corrected chi connectivity index (χ4v) is 3.68. The summed E-state index contributed by atoms with van der Waals surface area (Å²) in [4.78, 5) is 40.1. The van der Waals surface area contributed by atoms with Crippen molar-refractivity contribution >= 4 is 23.6 Å². The van der Waals surface area contributed by atoms with Crippen LogP contribution in [0.1, 0.15) is 37.2 Å². The van der Waals surface area contributed by atoms with Crippen LogP contribution in [0.3, 0.4) is 0 Å². The van der Waals surface area contributed by atoms with E-state index in [4.69, 9.17) is 4.42 Å². The predicted molar refractivity (Wildman–Crippen MR) is 138 cm³/mol. The molecule has 0 radical (unpaired) electrons. The van der Waals surface area contributed by atoms with Crippen molar-refractivity contribution in [2.24, 2.45) is 0 Å². The predicted octanol–water partition coefficient (Wildman–Crippen LogP) is 5.10. The number of furan rings is 1. The van der Waals surface area contributed by atoms with Crippen molar-refractivity contribution in [2.45, 2.75) is 39.3 Å². The molecule has 0 spiro atoms. The summed E-state index contributed by atoms with van der Waals surface area (Å²) in [6, 6.07) is 19.3. The van der Waals surface area contributed by atoms with Gasteiger partial charge in [0.25, 0.3) is 5.69 Å². The average Bonchev–Trinajstić information content (AvgIpc) is 3.41. The molecule has 0 aliphatic carbocycles. The summed E-state index contributed by atoms with van der Waals surface area (Å²) in [6.07, 6.45) is 5.95. The van der Waals surface area contributed by atoms with Gasteiger partial charge < -0.3 is 14.2 Å². The molecule has 1 unspecified atom stereocenters. The van der Waals surface area contributed by atoms with Crippen LogP contribution in [0.2, 0.25) is 0 Å². The van der Waals surface area contributed by atoms with Gasteiger partial charge >= 0.3 is 0 Å². The Kier molecular flexibility index (Phi) is 9.56. The van der Waals surface area contributed by atoms with Crippen LogP contribution in [0.5, 0.6) is 0 Å². The van der Waals surface area contributed by atoms with E-state index in [2.05, 4.69) is 0 Å². The average molecular weight is 490 g/mol. The summed E-state index contributed by atoms with van der Waals surface area (Å²) in [7, 11) is 0. The Morgan fingerprint density at radius 3 is 2.39 bits per heavy atom. The summed E-state index contributed by atoms with van der Waals surface area (Å²) < 4.78 is 5.47. The van der Waals surface area contributed by atoms with Crippen LogP contribution in [0.25, 0.3) is 6.08 Å². The van der Waals surface area contributed by atoms with Crippen LogP contribution in [0, 0.1) is 10.1 Å². The molecule has 3 rings (SSSR count). The summed E-state index contributed by atoms with van der Waals surface area (Å²) >= 11 is 0. The minimum absolute atomic E-state index is 0.0162. The van der Waals surface area contributed by atoms with Crippen molar-refractivity contribution in [3.63, 3.8) is 0 Å². The molecule has 0 aliphatic heterocycles. The maximum Gasteiger partial charge on any atom is 0.269 e. The lowest BCUT2D eigenvalue weighted by molar-refractivity contribution is -0.384. The highest BCUT2D eigenvalue weighted by atomic mass is 16.6. The van der Waals surface area contributed by atoms with Crippen LogP contribution in [-0.4, -0.2) is 45.7 Å². The van der Waals surface area contributed by atoms with Gasteiger partial charge in [0.05, 0.1) is 17.7 Å². The minimum atomic E-state index is -0.471. The molecule has 1 atom stereocenters. The van der Waals surface area contributed by atoms with E-state index >= 15 is 0 Å². The maximum absolute atomic E-state index is 13.4. The molecule has 8 heteroatoms. The van der Waals surface area contributed by atoms with Crippen molar-refractivity contribution in [2.75, 3.05) is 13.1 Å². The second-order valence-electron chi connectivity index (χ2n) is 8.54. The topological polar surface area (TPSA) is 96.9 Å². The molecule has 0 N–H and O–H groups in total. The fraction of sp³-hybridized carbons (Fsp3) is 0.286. The van der Waals surface area contributed by atoms with Crippen LogP contribution in [-0.2, 0) is 22.6 Å². The van der Waals surface area contributed by atoms with E-state index in [9.17, 15) is 19.7 Å². The Bertz CT molecular complexity index is 1160. The zero-order chi connectivity index (χ0) is 25.9. The van der Waals surface area contributed by atoms with Crippen molar-refractivity contribution in [1.29, 1.82) is 0 Å². The van der Waals surface area contributed by atoms with Gasteiger partial charge in [-0.15, -0.1) is 0 Å². The van der Waals surface area contributed by atoms with Gasteiger partial charge in [-0.3, -0.25) is 19.7 Å². The third-order valence-electron chi connectivity index (χ3n) is 6.03. The van der Waals surface area contributed by atoms with E-state index in [0.29, 0.717) is 37.3 Å². The van der Waals surface area contributed by atoms with Gasteiger partial charge in [-0.1, -0.05) is 37.3 Å². The third-order valence-corrected chi connectivity index (χ3v) is 6.03. The van der Waals surface area contributed by atoms with E-state index in [1.807, 2.05) is 50.2 Å². The highest BCUT2D eigenvalue weighted by Crippen LogP contribution is 2.15. The number of carbonyl (C=O) groups is 2. The van der Waals surface area contributed by atoms with Crippen molar-refractivity contribution in [3.8, 4) is 0 Å². The number of nitro groups is 1. The number of benzene rings is 2. The highest BCUT2D eigenvalue weighted by molar-refractivity contribution is 5.94. The smallest absolute Gasteiger partial charge is 0.269 e. The first-order valence-electron chi connectivity index (χ1n) is 11.9. The van der Waals surface area contributed by atoms with Gasteiger partial charge in [0.2, 0.25) is 11.8 Å². The first-order valence-corrected chi connectivity index (χ1v) is 11.9. The second kappa shape index (κ2) is 13.0. The van der Waals surface area contributed by atoms with E-state index in [0.717, 1.165) is 5.56 Å². The van der Waals surface area contributed by atoms with Gasteiger partial charge in [0.15, 0.2) is 0 Å². The Hall–Kier alpha value is -4.20. The number of hydrogen-bond acceptors (Lipinski definition) is 5. The van der Waals surface area contributed by atoms with E-state index < -0.39 is 4.92 Å². The van der Waals surface area contributed by atoms with Crippen molar-refractivity contribution in [1.82, 2.24) is 9.80 Å². The molecule has 1 aromatic heterocycles. The first kappa shape index (κ1) is 26.4. The molecule has 188 valence electrons. The summed E-state index contributed by atoms with van der Waals surface area (Å²) in [5.74, 6) is 0.215. The lowest BCUT2D eigenvalue weighted by atomic mass is 10.1. The normalized spacial score (nSPS) is 11.8. The van der Waals surface area contributed by atoms with Crippen molar-refractivity contribution in [3.05, 3.63) is 106 Å². The quantitative estimate of drug-likeness (QED) is 0.200. The molecule has 0 bridgehead atoms. The zero-order valence-corrected chi connectivity index (χ0v) is 20.6. The Balaban J connectivity index is 1.72. The van der Waals surface area contributed by atoms with Gasteiger partial charge in [0, 0.05) is 30.8 Å². The van der Waals surface area contributed by atoms with E-state index in [1.54, 1.807) is 40.3 Å². The molecule has 36 heavy (non-hydrogen) atoms. The Morgan fingerprint density at radius 1 is 1.06 bits per heavy atom. The van der Waals surface area contributed by atoms with Gasteiger partial charge in [-0.2, -0.15) is 0 Å². The van der Waals surface area contributed by atoms with Gasteiger partial charge in [-0.25, -0.2) is 0 Å². The largest absolute Gasteiger partial charge is 0.467 e. The summed E-state index contributed by atoms with van der Waals surface area (Å²) in [5.41, 5.74) is 1.76. The fourth-order valence-electron chi connectivity index (χ4n) is 3.68. The molecule has 0 saturated heterocycles. The van der Waals surface area contributed by atoms with Crippen molar-refractivity contribution < 1.29 is 18.9 Å². The highest BCUT2D eigenvalue weighted by Gasteiger charge is 2.24. The lowest BCUT2D eigenvalue weighted by Gasteiger charge is -2.30. The Morgan fingerprint density at radius 2 is 1.78 bits per heavy atom. The van der Waals surface area contributed by atoms with Crippen LogP contribution < -0.4 is 0 Å². The molecule has 3 aromatic rings. The monoisotopic (exact) mass is 489 g/mol. The number of amides is 2. The molecule has 0 aliphatic rings. The van der Waals surface area contributed by atoms with Crippen LogP contribution in [0.4, 0.5) is 5.69 Å². The zero-order valence-electron chi connectivity index (χ0n) is 20.6.